The Balaban J connectivity index is 2.39. The van der Waals surface area contributed by atoms with E-state index in [1.807, 2.05) is 7.05 Å². The van der Waals surface area contributed by atoms with Gasteiger partial charge in [-0.2, -0.15) is 0 Å². The summed E-state index contributed by atoms with van der Waals surface area (Å²) in [4.78, 5) is 0. The highest BCUT2D eigenvalue weighted by Crippen LogP contribution is 2.13. The van der Waals surface area contributed by atoms with Crippen molar-refractivity contribution in [3.05, 3.63) is 33.4 Å². The first-order chi connectivity index (χ1) is 6.72. The molecule has 0 spiro atoms. The molecule has 1 rings (SSSR count). The maximum Gasteiger partial charge on any atom is 0.0130 e. The van der Waals surface area contributed by atoms with Crippen molar-refractivity contribution in [2.75, 3.05) is 13.6 Å². The van der Waals surface area contributed by atoms with E-state index in [4.69, 9.17) is 0 Å². The number of halogens is 1. The lowest BCUT2D eigenvalue weighted by atomic mass is 9.98. The van der Waals surface area contributed by atoms with Gasteiger partial charge in [0.1, 0.15) is 0 Å². The summed E-state index contributed by atoms with van der Waals surface area (Å²) in [6, 6.07) is 8.83. The topological polar surface area (TPSA) is 12.0 Å². The molecular weight excluding hydrogens is 285 g/mol. The van der Waals surface area contributed by atoms with E-state index < -0.39 is 0 Å². The van der Waals surface area contributed by atoms with Crippen LogP contribution in [0.1, 0.15) is 18.9 Å². The number of hydrogen-bond donors (Lipinski definition) is 1. The smallest absolute Gasteiger partial charge is 0.0130 e. The van der Waals surface area contributed by atoms with Crippen molar-refractivity contribution in [3.8, 4) is 0 Å². The maximum absolute atomic E-state index is 3.19. The minimum Gasteiger partial charge on any atom is -0.320 e. The SMILES string of the molecule is CNCCC(C)Cc1ccc(I)cc1. The van der Waals surface area contributed by atoms with Crippen molar-refractivity contribution in [1.82, 2.24) is 5.32 Å². The summed E-state index contributed by atoms with van der Waals surface area (Å²) in [6.07, 6.45) is 2.45. The molecular formula is C12H18IN. The molecule has 0 bridgehead atoms. The molecule has 0 aromatic heterocycles. The molecule has 1 atom stereocenters. The predicted octanol–water partition coefficient (Wildman–Crippen LogP) is 3.08. The molecule has 1 N–H and O–H groups in total. The van der Waals surface area contributed by atoms with Crippen LogP contribution in [0.25, 0.3) is 0 Å². The van der Waals surface area contributed by atoms with Gasteiger partial charge in [-0.1, -0.05) is 19.1 Å². The quantitative estimate of drug-likeness (QED) is 0.824. The van der Waals surface area contributed by atoms with Gasteiger partial charge < -0.3 is 5.32 Å². The van der Waals surface area contributed by atoms with Gasteiger partial charge in [-0.15, -0.1) is 0 Å². The van der Waals surface area contributed by atoms with Crippen LogP contribution in [0.2, 0.25) is 0 Å². The van der Waals surface area contributed by atoms with Gasteiger partial charge >= 0.3 is 0 Å². The zero-order valence-electron chi connectivity index (χ0n) is 8.89. The Bertz CT molecular complexity index is 256. The summed E-state index contributed by atoms with van der Waals surface area (Å²) in [7, 11) is 2.01. The molecule has 0 amide bonds. The third kappa shape index (κ3) is 4.42. The van der Waals surface area contributed by atoms with Gasteiger partial charge in [0.2, 0.25) is 0 Å². The fourth-order valence-electron chi connectivity index (χ4n) is 1.52. The van der Waals surface area contributed by atoms with Crippen LogP contribution in [-0.2, 0) is 6.42 Å². The van der Waals surface area contributed by atoms with Crippen molar-refractivity contribution in [2.24, 2.45) is 5.92 Å². The molecule has 0 fully saturated rings. The highest BCUT2D eigenvalue weighted by molar-refractivity contribution is 14.1. The van der Waals surface area contributed by atoms with Gasteiger partial charge in [0.25, 0.3) is 0 Å². The molecule has 0 aliphatic rings. The van der Waals surface area contributed by atoms with Crippen molar-refractivity contribution < 1.29 is 0 Å². The fraction of sp³-hybridized carbons (Fsp3) is 0.500. The second-order valence-corrected chi connectivity index (χ2v) is 5.07. The molecule has 0 radical (unpaired) electrons. The van der Waals surface area contributed by atoms with Crippen LogP contribution in [0, 0.1) is 9.49 Å². The normalized spacial score (nSPS) is 12.8. The van der Waals surface area contributed by atoms with Crippen LogP contribution in [-0.4, -0.2) is 13.6 Å². The van der Waals surface area contributed by atoms with Crippen LogP contribution in [0.5, 0.6) is 0 Å². The maximum atomic E-state index is 3.19. The summed E-state index contributed by atoms with van der Waals surface area (Å²) in [5, 5.41) is 3.19. The third-order valence-corrected chi connectivity index (χ3v) is 3.10. The van der Waals surface area contributed by atoms with Crippen LogP contribution in [0.4, 0.5) is 0 Å². The molecule has 1 aromatic rings. The first kappa shape index (κ1) is 12.0. The minimum absolute atomic E-state index is 0.766. The Kier molecular flexibility index (Phi) is 5.48. The van der Waals surface area contributed by atoms with Gasteiger partial charge in [0.15, 0.2) is 0 Å². The highest BCUT2D eigenvalue weighted by atomic mass is 127. The molecule has 1 unspecified atom stereocenters. The molecule has 0 aliphatic heterocycles. The number of rotatable bonds is 5. The zero-order valence-corrected chi connectivity index (χ0v) is 11.0. The Morgan fingerprint density at radius 2 is 1.93 bits per heavy atom. The molecule has 1 aromatic carbocycles. The van der Waals surface area contributed by atoms with E-state index in [0.29, 0.717) is 0 Å². The lowest BCUT2D eigenvalue weighted by Crippen LogP contribution is -2.12. The van der Waals surface area contributed by atoms with Gasteiger partial charge in [-0.05, 0) is 72.6 Å². The van der Waals surface area contributed by atoms with E-state index in [1.54, 1.807) is 0 Å². The Morgan fingerprint density at radius 3 is 2.50 bits per heavy atom. The lowest BCUT2D eigenvalue weighted by molar-refractivity contribution is 0.515. The van der Waals surface area contributed by atoms with Crippen molar-refractivity contribution in [1.29, 1.82) is 0 Å². The first-order valence-electron chi connectivity index (χ1n) is 5.11. The summed E-state index contributed by atoms with van der Waals surface area (Å²) < 4.78 is 1.31. The first-order valence-corrected chi connectivity index (χ1v) is 6.19. The predicted molar refractivity (Wildman–Crippen MR) is 70.6 cm³/mol. The Hall–Kier alpha value is -0.0900. The molecule has 0 saturated heterocycles. The van der Waals surface area contributed by atoms with E-state index in [9.17, 15) is 0 Å². The molecule has 78 valence electrons. The van der Waals surface area contributed by atoms with E-state index >= 15 is 0 Å². The molecule has 2 heteroatoms. The van der Waals surface area contributed by atoms with Crippen LogP contribution in [0.15, 0.2) is 24.3 Å². The molecule has 14 heavy (non-hydrogen) atoms. The van der Waals surface area contributed by atoms with Crippen molar-refractivity contribution in [2.45, 2.75) is 19.8 Å². The van der Waals surface area contributed by atoms with Gasteiger partial charge in [-0.25, -0.2) is 0 Å². The minimum atomic E-state index is 0.766. The Labute approximate surface area is 100 Å². The van der Waals surface area contributed by atoms with Gasteiger partial charge in [0, 0.05) is 3.57 Å². The average molecular weight is 303 g/mol. The lowest BCUT2D eigenvalue weighted by Gasteiger charge is -2.10. The second-order valence-electron chi connectivity index (χ2n) is 3.83. The van der Waals surface area contributed by atoms with Crippen molar-refractivity contribution in [3.63, 3.8) is 0 Å². The number of benzene rings is 1. The van der Waals surface area contributed by atoms with Crippen LogP contribution >= 0.6 is 22.6 Å². The highest BCUT2D eigenvalue weighted by Gasteiger charge is 2.02. The standard InChI is InChI=1S/C12H18IN/c1-10(7-8-14-2)9-11-3-5-12(13)6-4-11/h3-6,10,14H,7-9H2,1-2H3. The number of hydrogen-bond acceptors (Lipinski definition) is 1. The Morgan fingerprint density at radius 1 is 1.29 bits per heavy atom. The second kappa shape index (κ2) is 6.40. The van der Waals surface area contributed by atoms with Crippen LogP contribution in [0.3, 0.4) is 0 Å². The van der Waals surface area contributed by atoms with Gasteiger partial charge in [0.05, 0.1) is 0 Å². The van der Waals surface area contributed by atoms with E-state index in [1.165, 1.54) is 22.0 Å². The number of nitrogens with one attached hydrogen (secondary N) is 1. The van der Waals surface area contributed by atoms with E-state index in [2.05, 4.69) is 59.1 Å². The van der Waals surface area contributed by atoms with E-state index in [0.717, 1.165) is 12.5 Å². The zero-order chi connectivity index (χ0) is 10.4. The summed E-state index contributed by atoms with van der Waals surface area (Å²) >= 11 is 2.34. The summed E-state index contributed by atoms with van der Waals surface area (Å²) in [5.41, 5.74) is 1.45. The molecule has 0 saturated carbocycles. The monoisotopic (exact) mass is 303 g/mol. The third-order valence-electron chi connectivity index (χ3n) is 2.38. The molecule has 1 nitrogen and oxygen atoms in total. The largest absolute Gasteiger partial charge is 0.320 e. The summed E-state index contributed by atoms with van der Waals surface area (Å²) in [5.74, 6) is 0.766. The van der Waals surface area contributed by atoms with E-state index in [-0.39, 0.29) is 0 Å². The fourth-order valence-corrected chi connectivity index (χ4v) is 1.88. The summed E-state index contributed by atoms with van der Waals surface area (Å²) in [6.45, 7) is 3.43. The van der Waals surface area contributed by atoms with Gasteiger partial charge in [-0.3, -0.25) is 0 Å². The molecule has 0 heterocycles. The van der Waals surface area contributed by atoms with Crippen LogP contribution < -0.4 is 5.32 Å². The molecule has 0 aliphatic carbocycles. The van der Waals surface area contributed by atoms with Crippen molar-refractivity contribution >= 4 is 22.6 Å². The average Bonchev–Trinajstić information content (AvgIpc) is 2.18.